The molecule has 0 bridgehead atoms. The first-order valence-electron chi connectivity index (χ1n) is 3.44. The molecule has 0 aliphatic carbocycles. The highest BCUT2D eigenvalue weighted by Crippen LogP contribution is 2.07. The maximum Gasteiger partial charge on any atom is 0.356 e. The highest BCUT2D eigenvalue weighted by molar-refractivity contribution is 5.93. The Balaban J connectivity index is 0.000000845. The zero-order valence-corrected chi connectivity index (χ0v) is 7.36. The van der Waals surface area contributed by atoms with Crippen molar-refractivity contribution < 1.29 is 9.90 Å². The predicted octanol–water partition coefficient (Wildman–Crippen LogP) is 1.45. The Bertz CT molecular complexity index is 438. The molecule has 5 heteroatoms. The molecule has 0 saturated heterocycles. The van der Waals surface area contributed by atoms with Crippen molar-refractivity contribution in [3.05, 3.63) is 36.4 Å². The number of fused-ring (bicyclic) bond motifs is 1. The van der Waals surface area contributed by atoms with Gasteiger partial charge in [0, 0.05) is 18.6 Å². The van der Waals surface area contributed by atoms with Crippen molar-refractivity contribution in [2.75, 3.05) is 0 Å². The van der Waals surface area contributed by atoms with Crippen LogP contribution in [0, 0.1) is 0 Å². The summed E-state index contributed by atoms with van der Waals surface area (Å²) >= 11 is 0. The van der Waals surface area contributed by atoms with Crippen molar-refractivity contribution >= 4 is 23.9 Å². The summed E-state index contributed by atoms with van der Waals surface area (Å²) in [4.78, 5) is 14.4. The quantitative estimate of drug-likeness (QED) is 0.755. The van der Waals surface area contributed by atoms with Gasteiger partial charge in [0.25, 0.3) is 0 Å². The molecule has 0 aliphatic heterocycles. The van der Waals surface area contributed by atoms with E-state index in [1.54, 1.807) is 28.9 Å². The minimum Gasteiger partial charge on any atom is -0.476 e. The number of carboxylic acid groups (broad SMARTS) is 1. The molecule has 2 aromatic heterocycles. The average molecular weight is 199 g/mol. The maximum atomic E-state index is 10.6. The molecular weight excluding hydrogens is 192 g/mol. The first-order chi connectivity index (χ1) is 5.79. The van der Waals surface area contributed by atoms with Crippen molar-refractivity contribution in [2.45, 2.75) is 0 Å². The Labute approximate surface area is 80.2 Å². The zero-order chi connectivity index (χ0) is 8.55. The second kappa shape index (κ2) is 3.45. The van der Waals surface area contributed by atoms with E-state index in [4.69, 9.17) is 5.11 Å². The van der Waals surface area contributed by atoms with Crippen LogP contribution in [0.15, 0.2) is 30.7 Å². The van der Waals surface area contributed by atoms with Crippen LogP contribution in [0.2, 0.25) is 0 Å². The average Bonchev–Trinajstić information content (AvgIpc) is 2.49. The van der Waals surface area contributed by atoms with E-state index in [0.29, 0.717) is 5.52 Å². The molecule has 0 aliphatic rings. The van der Waals surface area contributed by atoms with Crippen molar-refractivity contribution in [1.29, 1.82) is 0 Å². The number of rotatable bonds is 1. The van der Waals surface area contributed by atoms with Crippen LogP contribution in [0.1, 0.15) is 10.5 Å². The molecule has 68 valence electrons. The number of carboxylic acids is 1. The molecule has 1 N–H and O–H groups in total. The summed E-state index contributed by atoms with van der Waals surface area (Å²) in [6, 6.07) is 3.50. The van der Waals surface area contributed by atoms with Crippen LogP contribution in [-0.2, 0) is 0 Å². The standard InChI is InChI=1S/C8H6N2O2.ClH/c11-8(12)7-6-2-1-4-10(6)5-3-9-7;/h1-5H,(H,11,12);1H. The summed E-state index contributed by atoms with van der Waals surface area (Å²) in [5.74, 6) is -1.00. The van der Waals surface area contributed by atoms with E-state index in [-0.39, 0.29) is 18.1 Å². The lowest BCUT2D eigenvalue weighted by molar-refractivity contribution is 0.0692. The fourth-order valence-electron chi connectivity index (χ4n) is 1.14. The van der Waals surface area contributed by atoms with Gasteiger partial charge in [0.05, 0.1) is 5.52 Å². The van der Waals surface area contributed by atoms with E-state index in [1.807, 2.05) is 0 Å². The van der Waals surface area contributed by atoms with Crippen LogP contribution >= 0.6 is 12.4 Å². The molecule has 2 aromatic rings. The Morgan fingerprint density at radius 2 is 2.23 bits per heavy atom. The Kier molecular flexibility index (Phi) is 2.53. The van der Waals surface area contributed by atoms with Crippen molar-refractivity contribution in [3.63, 3.8) is 0 Å². The lowest BCUT2D eigenvalue weighted by Gasteiger charge is -1.96. The monoisotopic (exact) mass is 198 g/mol. The zero-order valence-electron chi connectivity index (χ0n) is 6.54. The number of aromatic carboxylic acids is 1. The third-order valence-electron chi connectivity index (χ3n) is 1.66. The van der Waals surface area contributed by atoms with Crippen LogP contribution in [0.25, 0.3) is 5.52 Å². The van der Waals surface area contributed by atoms with E-state index in [0.717, 1.165) is 0 Å². The fourth-order valence-corrected chi connectivity index (χ4v) is 1.14. The third-order valence-corrected chi connectivity index (χ3v) is 1.66. The van der Waals surface area contributed by atoms with E-state index in [1.165, 1.54) is 6.20 Å². The maximum absolute atomic E-state index is 10.6. The summed E-state index contributed by atoms with van der Waals surface area (Å²) in [6.07, 6.45) is 4.96. The van der Waals surface area contributed by atoms with Gasteiger partial charge in [-0.2, -0.15) is 0 Å². The fraction of sp³-hybridized carbons (Fsp3) is 0. The molecule has 0 fully saturated rings. The molecule has 0 spiro atoms. The van der Waals surface area contributed by atoms with Crippen LogP contribution < -0.4 is 0 Å². The molecular formula is C8H7ClN2O2. The van der Waals surface area contributed by atoms with Crippen LogP contribution in [-0.4, -0.2) is 20.5 Å². The van der Waals surface area contributed by atoms with Gasteiger partial charge in [0.2, 0.25) is 0 Å². The number of hydrogen-bond donors (Lipinski definition) is 1. The van der Waals surface area contributed by atoms with Crippen LogP contribution in [0.5, 0.6) is 0 Å². The van der Waals surface area contributed by atoms with E-state index < -0.39 is 5.97 Å². The van der Waals surface area contributed by atoms with Gasteiger partial charge < -0.3 is 9.51 Å². The Morgan fingerprint density at radius 1 is 1.46 bits per heavy atom. The molecule has 0 unspecified atom stereocenters. The summed E-state index contributed by atoms with van der Waals surface area (Å²) in [5.41, 5.74) is 0.701. The topological polar surface area (TPSA) is 54.6 Å². The summed E-state index contributed by atoms with van der Waals surface area (Å²) in [5, 5.41) is 8.73. The second-order valence-electron chi connectivity index (χ2n) is 2.38. The number of halogens is 1. The first-order valence-corrected chi connectivity index (χ1v) is 3.44. The lowest BCUT2D eigenvalue weighted by Crippen LogP contribution is -2.02. The summed E-state index contributed by atoms with van der Waals surface area (Å²) in [6.45, 7) is 0. The number of nitrogens with zero attached hydrogens (tertiary/aromatic N) is 2. The minimum absolute atomic E-state index is 0. The third kappa shape index (κ3) is 1.48. The van der Waals surface area contributed by atoms with Crippen molar-refractivity contribution in [2.24, 2.45) is 0 Å². The highest BCUT2D eigenvalue weighted by atomic mass is 35.5. The largest absolute Gasteiger partial charge is 0.476 e. The molecule has 2 heterocycles. The molecule has 0 amide bonds. The van der Waals surface area contributed by atoms with Gasteiger partial charge >= 0.3 is 5.97 Å². The normalized spacial score (nSPS) is 9.54. The lowest BCUT2D eigenvalue weighted by atomic mass is 10.3. The van der Waals surface area contributed by atoms with Crippen LogP contribution in [0.3, 0.4) is 0 Å². The Morgan fingerprint density at radius 3 is 2.92 bits per heavy atom. The van der Waals surface area contributed by atoms with Gasteiger partial charge in [-0.15, -0.1) is 12.4 Å². The van der Waals surface area contributed by atoms with Gasteiger partial charge in [0.1, 0.15) is 0 Å². The molecule has 0 radical (unpaired) electrons. The number of carbonyl (C=O) groups is 1. The van der Waals surface area contributed by atoms with Crippen molar-refractivity contribution in [3.8, 4) is 0 Å². The van der Waals surface area contributed by atoms with E-state index >= 15 is 0 Å². The molecule has 0 aromatic carbocycles. The molecule has 2 rings (SSSR count). The van der Waals surface area contributed by atoms with Gasteiger partial charge in [-0.1, -0.05) is 0 Å². The van der Waals surface area contributed by atoms with Gasteiger partial charge in [-0.25, -0.2) is 9.78 Å². The van der Waals surface area contributed by atoms with E-state index in [2.05, 4.69) is 4.98 Å². The minimum atomic E-state index is -1.00. The number of hydrogen-bond acceptors (Lipinski definition) is 2. The molecule has 0 saturated carbocycles. The summed E-state index contributed by atoms with van der Waals surface area (Å²) in [7, 11) is 0. The molecule has 0 atom stereocenters. The molecule has 4 nitrogen and oxygen atoms in total. The summed E-state index contributed by atoms with van der Waals surface area (Å²) < 4.78 is 1.72. The predicted molar refractivity (Wildman–Crippen MR) is 49.4 cm³/mol. The van der Waals surface area contributed by atoms with Gasteiger partial charge in [-0.05, 0) is 12.1 Å². The SMILES string of the molecule is Cl.O=C(O)c1nccn2cccc12. The van der Waals surface area contributed by atoms with E-state index in [9.17, 15) is 4.79 Å². The van der Waals surface area contributed by atoms with Crippen molar-refractivity contribution in [1.82, 2.24) is 9.38 Å². The van der Waals surface area contributed by atoms with Crippen LogP contribution in [0.4, 0.5) is 0 Å². The molecule has 13 heavy (non-hydrogen) atoms. The number of aromatic nitrogens is 2. The van der Waals surface area contributed by atoms with Gasteiger partial charge in [-0.3, -0.25) is 0 Å². The first kappa shape index (κ1) is 9.54. The highest BCUT2D eigenvalue weighted by Gasteiger charge is 2.08. The Hall–Kier alpha value is -1.55. The smallest absolute Gasteiger partial charge is 0.356 e. The second-order valence-corrected chi connectivity index (χ2v) is 2.38. The van der Waals surface area contributed by atoms with Gasteiger partial charge in [0.15, 0.2) is 5.69 Å².